The molecule has 66 valence electrons. The zero-order valence-corrected chi connectivity index (χ0v) is 7.60. The van der Waals surface area contributed by atoms with Crippen LogP contribution in [0.3, 0.4) is 0 Å². The first-order valence-electron chi connectivity index (χ1n) is 4.54. The third kappa shape index (κ3) is 2.80. The van der Waals surface area contributed by atoms with E-state index in [-0.39, 0.29) is 0 Å². The minimum atomic E-state index is 0.832. The Morgan fingerprint density at radius 3 is 3.00 bits per heavy atom. The van der Waals surface area contributed by atoms with E-state index in [0.29, 0.717) is 0 Å². The van der Waals surface area contributed by atoms with Gasteiger partial charge in [-0.25, -0.2) is 0 Å². The average molecular weight is 157 g/mol. The van der Waals surface area contributed by atoms with Gasteiger partial charge < -0.3 is 10.1 Å². The van der Waals surface area contributed by atoms with Crippen molar-refractivity contribution in [1.29, 1.82) is 0 Å². The lowest BCUT2D eigenvalue weighted by Gasteiger charge is -2.29. The minimum Gasteiger partial charge on any atom is -0.385 e. The van der Waals surface area contributed by atoms with Gasteiger partial charge in [-0.05, 0) is 37.8 Å². The van der Waals surface area contributed by atoms with Crippen molar-refractivity contribution in [3.63, 3.8) is 0 Å². The molecule has 0 saturated carbocycles. The Kier molecular flexibility index (Phi) is 3.87. The Morgan fingerprint density at radius 1 is 1.55 bits per heavy atom. The van der Waals surface area contributed by atoms with E-state index in [9.17, 15) is 0 Å². The van der Waals surface area contributed by atoms with E-state index < -0.39 is 0 Å². The van der Waals surface area contributed by atoms with Gasteiger partial charge in [-0.2, -0.15) is 0 Å². The van der Waals surface area contributed by atoms with Gasteiger partial charge in [0.2, 0.25) is 0 Å². The molecule has 0 radical (unpaired) electrons. The van der Waals surface area contributed by atoms with Gasteiger partial charge in [0, 0.05) is 13.7 Å². The van der Waals surface area contributed by atoms with Crippen LogP contribution in [0.2, 0.25) is 0 Å². The first-order chi connectivity index (χ1) is 5.34. The molecule has 2 atom stereocenters. The van der Waals surface area contributed by atoms with Gasteiger partial charge in [0.05, 0.1) is 0 Å². The number of rotatable bonds is 3. The molecule has 0 aromatic carbocycles. The highest BCUT2D eigenvalue weighted by Gasteiger charge is 2.19. The second kappa shape index (κ2) is 4.73. The SMILES string of the molecule is COCCC1CCNCC1C. The van der Waals surface area contributed by atoms with Crippen LogP contribution in [0.4, 0.5) is 0 Å². The van der Waals surface area contributed by atoms with Crippen LogP contribution in [0, 0.1) is 11.8 Å². The Morgan fingerprint density at radius 2 is 2.36 bits per heavy atom. The van der Waals surface area contributed by atoms with Crippen molar-refractivity contribution < 1.29 is 4.74 Å². The van der Waals surface area contributed by atoms with Crippen LogP contribution in [-0.4, -0.2) is 26.8 Å². The van der Waals surface area contributed by atoms with E-state index in [0.717, 1.165) is 18.4 Å². The Hall–Kier alpha value is -0.0800. The largest absolute Gasteiger partial charge is 0.385 e. The summed E-state index contributed by atoms with van der Waals surface area (Å²) in [7, 11) is 1.78. The molecule has 1 saturated heterocycles. The average Bonchev–Trinajstić information content (AvgIpc) is 2.03. The summed E-state index contributed by atoms with van der Waals surface area (Å²) in [6.07, 6.45) is 2.56. The van der Waals surface area contributed by atoms with Crippen LogP contribution in [0.5, 0.6) is 0 Å². The molecule has 1 fully saturated rings. The second-order valence-corrected chi connectivity index (χ2v) is 3.51. The maximum Gasteiger partial charge on any atom is 0.0465 e. The van der Waals surface area contributed by atoms with Gasteiger partial charge in [-0.3, -0.25) is 0 Å². The van der Waals surface area contributed by atoms with E-state index in [1.54, 1.807) is 7.11 Å². The lowest BCUT2D eigenvalue weighted by atomic mass is 9.86. The molecular formula is C9H19NO. The van der Waals surface area contributed by atoms with Crippen LogP contribution >= 0.6 is 0 Å². The highest BCUT2D eigenvalue weighted by molar-refractivity contribution is 4.74. The van der Waals surface area contributed by atoms with Crippen LogP contribution in [0.25, 0.3) is 0 Å². The summed E-state index contributed by atoms with van der Waals surface area (Å²) in [5.41, 5.74) is 0. The molecule has 1 heterocycles. The van der Waals surface area contributed by atoms with Crippen LogP contribution in [0.15, 0.2) is 0 Å². The van der Waals surface area contributed by atoms with E-state index in [2.05, 4.69) is 12.2 Å². The molecule has 1 N–H and O–H groups in total. The Labute approximate surface area is 69.3 Å². The van der Waals surface area contributed by atoms with Crippen LogP contribution in [-0.2, 0) is 4.74 Å². The van der Waals surface area contributed by atoms with Crippen molar-refractivity contribution >= 4 is 0 Å². The predicted octanol–water partition coefficient (Wildman–Crippen LogP) is 1.27. The van der Waals surface area contributed by atoms with Crippen LogP contribution in [0.1, 0.15) is 19.8 Å². The monoisotopic (exact) mass is 157 g/mol. The van der Waals surface area contributed by atoms with E-state index in [1.807, 2.05) is 0 Å². The van der Waals surface area contributed by atoms with E-state index in [1.165, 1.54) is 25.9 Å². The van der Waals surface area contributed by atoms with Crippen molar-refractivity contribution in [1.82, 2.24) is 5.32 Å². The van der Waals surface area contributed by atoms with Crippen molar-refractivity contribution in [3.05, 3.63) is 0 Å². The Balaban J connectivity index is 2.18. The molecule has 0 amide bonds. The van der Waals surface area contributed by atoms with Crippen molar-refractivity contribution in [3.8, 4) is 0 Å². The molecule has 0 aromatic rings. The zero-order valence-electron chi connectivity index (χ0n) is 7.60. The number of hydrogen-bond acceptors (Lipinski definition) is 2. The molecule has 0 bridgehead atoms. The molecule has 0 spiro atoms. The normalized spacial score (nSPS) is 32.2. The molecule has 1 aliphatic rings. The first kappa shape index (κ1) is 9.01. The van der Waals surface area contributed by atoms with Gasteiger partial charge in [0.25, 0.3) is 0 Å². The summed E-state index contributed by atoms with van der Waals surface area (Å²) in [4.78, 5) is 0. The van der Waals surface area contributed by atoms with Crippen molar-refractivity contribution in [2.24, 2.45) is 11.8 Å². The van der Waals surface area contributed by atoms with Gasteiger partial charge >= 0.3 is 0 Å². The highest BCUT2D eigenvalue weighted by atomic mass is 16.5. The maximum atomic E-state index is 5.07. The molecule has 2 heteroatoms. The molecule has 0 aromatic heterocycles. The fraction of sp³-hybridized carbons (Fsp3) is 1.00. The third-order valence-corrected chi connectivity index (χ3v) is 2.66. The second-order valence-electron chi connectivity index (χ2n) is 3.51. The topological polar surface area (TPSA) is 21.3 Å². The Bertz CT molecular complexity index is 106. The molecule has 2 nitrogen and oxygen atoms in total. The van der Waals surface area contributed by atoms with Gasteiger partial charge in [-0.15, -0.1) is 0 Å². The number of nitrogens with one attached hydrogen (secondary N) is 1. The molecule has 2 unspecified atom stereocenters. The number of hydrogen-bond donors (Lipinski definition) is 1. The predicted molar refractivity (Wildman–Crippen MR) is 46.6 cm³/mol. The lowest BCUT2D eigenvalue weighted by molar-refractivity contribution is 0.149. The van der Waals surface area contributed by atoms with Crippen molar-refractivity contribution in [2.45, 2.75) is 19.8 Å². The molecule has 11 heavy (non-hydrogen) atoms. The van der Waals surface area contributed by atoms with Gasteiger partial charge in [0.1, 0.15) is 0 Å². The van der Waals surface area contributed by atoms with E-state index in [4.69, 9.17) is 4.74 Å². The molecular weight excluding hydrogens is 138 g/mol. The number of methoxy groups -OCH3 is 1. The summed E-state index contributed by atoms with van der Waals surface area (Å²) in [6, 6.07) is 0. The first-order valence-corrected chi connectivity index (χ1v) is 4.54. The summed E-state index contributed by atoms with van der Waals surface area (Å²) >= 11 is 0. The lowest BCUT2D eigenvalue weighted by Crippen LogP contribution is -2.35. The summed E-state index contributed by atoms with van der Waals surface area (Å²) in [5.74, 6) is 1.72. The number of ether oxygens (including phenoxy) is 1. The van der Waals surface area contributed by atoms with Gasteiger partial charge in [0.15, 0.2) is 0 Å². The van der Waals surface area contributed by atoms with Crippen molar-refractivity contribution in [2.75, 3.05) is 26.8 Å². The molecule has 0 aliphatic carbocycles. The van der Waals surface area contributed by atoms with Gasteiger partial charge in [-0.1, -0.05) is 6.92 Å². The summed E-state index contributed by atoms with van der Waals surface area (Å²) in [5, 5.41) is 3.40. The molecule has 1 rings (SSSR count). The standard InChI is InChI=1S/C9H19NO/c1-8-7-10-5-3-9(8)4-6-11-2/h8-10H,3-7H2,1-2H3. The fourth-order valence-corrected chi connectivity index (χ4v) is 1.77. The fourth-order valence-electron chi connectivity index (χ4n) is 1.77. The number of piperidine rings is 1. The zero-order chi connectivity index (χ0) is 8.10. The highest BCUT2D eigenvalue weighted by Crippen LogP contribution is 2.21. The smallest absolute Gasteiger partial charge is 0.0465 e. The van der Waals surface area contributed by atoms with E-state index >= 15 is 0 Å². The third-order valence-electron chi connectivity index (χ3n) is 2.66. The van der Waals surface area contributed by atoms with Crippen LogP contribution < -0.4 is 5.32 Å². The molecule has 1 aliphatic heterocycles. The maximum absolute atomic E-state index is 5.07. The quantitative estimate of drug-likeness (QED) is 0.666. The minimum absolute atomic E-state index is 0.832. The summed E-state index contributed by atoms with van der Waals surface area (Å²) < 4.78 is 5.07. The summed E-state index contributed by atoms with van der Waals surface area (Å²) in [6.45, 7) is 5.63.